The Morgan fingerprint density at radius 2 is 1.86 bits per heavy atom. The second-order valence-corrected chi connectivity index (χ2v) is 10.4. The number of imidazole rings is 1. The number of carbonyl (C=O) groups is 1. The number of amides is 1. The molecule has 0 unspecified atom stereocenters. The summed E-state index contributed by atoms with van der Waals surface area (Å²) in [5, 5.41) is 2.56. The summed E-state index contributed by atoms with van der Waals surface area (Å²) in [7, 11) is -3.03. The Morgan fingerprint density at radius 3 is 2.51 bits per heavy atom. The number of fused-ring (bicyclic) bond motifs is 1. The number of alkyl halides is 1. The molecule has 188 valence electrons. The number of rotatable bonds is 8. The van der Waals surface area contributed by atoms with E-state index >= 15 is 0 Å². The number of anilines is 1. The van der Waals surface area contributed by atoms with Gasteiger partial charge in [0, 0.05) is 23.9 Å². The summed E-state index contributed by atoms with van der Waals surface area (Å²) in [6.07, 6.45) is 4.65. The predicted molar refractivity (Wildman–Crippen MR) is 134 cm³/mol. The summed E-state index contributed by atoms with van der Waals surface area (Å²) in [4.78, 5) is 25.2. The van der Waals surface area contributed by atoms with Gasteiger partial charge in [0.1, 0.15) is 22.3 Å². The van der Waals surface area contributed by atoms with Crippen LogP contribution >= 0.6 is 11.6 Å². The van der Waals surface area contributed by atoms with Crippen molar-refractivity contribution in [1.82, 2.24) is 8.54 Å². The van der Waals surface area contributed by atoms with Gasteiger partial charge in [-0.15, -0.1) is 11.6 Å². The normalized spacial score (nSPS) is 14.7. The quantitative estimate of drug-likeness (QED) is 0.446. The van der Waals surface area contributed by atoms with Gasteiger partial charge in [0.15, 0.2) is 0 Å². The zero-order valence-electron chi connectivity index (χ0n) is 19.6. The molecule has 11 heteroatoms. The average molecular weight is 522 g/mol. The fourth-order valence-electron chi connectivity index (χ4n) is 4.60. The zero-order valence-corrected chi connectivity index (χ0v) is 21.2. The molecule has 4 rings (SSSR count). The van der Waals surface area contributed by atoms with Crippen molar-refractivity contribution >= 4 is 44.3 Å². The summed E-state index contributed by atoms with van der Waals surface area (Å²) in [6, 6.07) is 9.01. The van der Waals surface area contributed by atoms with E-state index in [1.54, 1.807) is 22.8 Å². The minimum Gasteiger partial charge on any atom is -0.495 e. The predicted octanol–water partition coefficient (Wildman–Crippen LogP) is 4.13. The molecule has 1 N–H and O–H groups in total. The maximum absolute atomic E-state index is 13.9. The Hall–Kier alpha value is -2.98. The SMILES string of the molecule is CCOc1ccc2c(c1)n(C1CCCCC1)c(=O)n2S(=O)(=O)c1ccc(NC(=O)CCl)cc1OC. The summed E-state index contributed by atoms with van der Waals surface area (Å²) in [6.45, 7) is 2.31. The van der Waals surface area contributed by atoms with Gasteiger partial charge in [-0.1, -0.05) is 19.3 Å². The first-order chi connectivity index (χ1) is 16.8. The van der Waals surface area contributed by atoms with E-state index in [1.807, 2.05) is 6.92 Å². The third kappa shape index (κ3) is 4.77. The van der Waals surface area contributed by atoms with E-state index in [0.29, 0.717) is 23.6 Å². The van der Waals surface area contributed by atoms with Gasteiger partial charge in [-0.2, -0.15) is 3.97 Å². The molecule has 0 saturated heterocycles. The van der Waals surface area contributed by atoms with Crippen LogP contribution in [0.4, 0.5) is 5.69 Å². The third-order valence-electron chi connectivity index (χ3n) is 6.14. The van der Waals surface area contributed by atoms with Crippen molar-refractivity contribution in [1.29, 1.82) is 0 Å². The van der Waals surface area contributed by atoms with Gasteiger partial charge in [0.2, 0.25) is 5.91 Å². The van der Waals surface area contributed by atoms with Crippen LogP contribution in [0.5, 0.6) is 11.5 Å². The number of nitrogens with one attached hydrogen (secondary N) is 1. The monoisotopic (exact) mass is 521 g/mol. The van der Waals surface area contributed by atoms with Crippen molar-refractivity contribution in [2.45, 2.75) is 50.0 Å². The fourth-order valence-corrected chi connectivity index (χ4v) is 6.21. The fraction of sp³-hybridized carbons (Fsp3) is 0.417. The molecular weight excluding hydrogens is 494 g/mol. The van der Waals surface area contributed by atoms with Gasteiger partial charge in [-0.3, -0.25) is 9.36 Å². The molecule has 0 atom stereocenters. The minimum absolute atomic E-state index is 0.00576. The van der Waals surface area contributed by atoms with Crippen molar-refractivity contribution < 1.29 is 22.7 Å². The van der Waals surface area contributed by atoms with Crippen LogP contribution in [-0.4, -0.2) is 42.5 Å². The first-order valence-electron chi connectivity index (χ1n) is 11.5. The summed E-state index contributed by atoms with van der Waals surface area (Å²) < 4.78 is 41.1. The van der Waals surface area contributed by atoms with E-state index in [4.69, 9.17) is 21.1 Å². The summed E-state index contributed by atoms with van der Waals surface area (Å²) >= 11 is 5.54. The Morgan fingerprint density at radius 1 is 1.11 bits per heavy atom. The molecule has 1 aliphatic carbocycles. The third-order valence-corrected chi connectivity index (χ3v) is 8.11. The minimum atomic E-state index is -4.35. The smallest absolute Gasteiger partial charge is 0.343 e. The topological polar surface area (TPSA) is 109 Å². The molecule has 0 spiro atoms. The van der Waals surface area contributed by atoms with Gasteiger partial charge in [-0.05, 0) is 44.0 Å². The highest BCUT2D eigenvalue weighted by Crippen LogP contribution is 2.34. The lowest BCUT2D eigenvalue weighted by atomic mass is 9.95. The van der Waals surface area contributed by atoms with Crippen LogP contribution in [-0.2, 0) is 14.8 Å². The molecule has 0 radical (unpaired) electrons. The second-order valence-electron chi connectivity index (χ2n) is 8.34. The Labute approximate surface area is 208 Å². The maximum Gasteiger partial charge on any atom is 0.343 e. The number of hydrogen-bond acceptors (Lipinski definition) is 6. The first kappa shape index (κ1) is 25.1. The standard InChI is InChI=1S/C24H28ClN3O6S/c1-3-34-18-10-11-19-20(14-18)27(17-7-5-4-6-8-17)24(30)28(19)35(31,32)22-12-9-16(13-21(22)33-2)26-23(29)15-25/h9-14,17H,3-8,15H2,1-2H3,(H,26,29). The number of nitrogens with zero attached hydrogens (tertiary/aromatic N) is 2. The molecule has 1 amide bonds. The molecule has 35 heavy (non-hydrogen) atoms. The Balaban J connectivity index is 1.91. The second kappa shape index (κ2) is 10.3. The van der Waals surface area contributed by atoms with Crippen LogP contribution in [0, 0.1) is 0 Å². The molecule has 1 aromatic heterocycles. The zero-order chi connectivity index (χ0) is 25.2. The van der Waals surface area contributed by atoms with Crippen molar-refractivity contribution in [2.75, 3.05) is 24.9 Å². The van der Waals surface area contributed by atoms with Gasteiger partial charge in [0.25, 0.3) is 10.0 Å². The number of aromatic nitrogens is 2. The van der Waals surface area contributed by atoms with E-state index in [1.165, 1.54) is 25.3 Å². The van der Waals surface area contributed by atoms with Gasteiger partial charge in [-0.25, -0.2) is 13.2 Å². The first-order valence-corrected chi connectivity index (χ1v) is 13.5. The molecule has 9 nitrogen and oxygen atoms in total. The van der Waals surface area contributed by atoms with Crippen molar-refractivity contribution in [3.8, 4) is 11.5 Å². The van der Waals surface area contributed by atoms with Crippen LogP contribution in [0.2, 0.25) is 0 Å². The lowest BCUT2D eigenvalue weighted by Gasteiger charge is -2.23. The van der Waals surface area contributed by atoms with Crippen LogP contribution in [0.15, 0.2) is 46.1 Å². The molecule has 0 bridgehead atoms. The number of halogens is 1. The highest BCUT2D eigenvalue weighted by atomic mass is 35.5. The highest BCUT2D eigenvalue weighted by molar-refractivity contribution is 7.90. The van der Waals surface area contributed by atoms with E-state index in [2.05, 4.69) is 5.32 Å². The molecule has 0 aliphatic heterocycles. The number of ether oxygens (including phenoxy) is 2. The van der Waals surface area contributed by atoms with E-state index < -0.39 is 21.6 Å². The summed E-state index contributed by atoms with van der Waals surface area (Å²) in [5.41, 5.74) is 0.485. The maximum atomic E-state index is 13.9. The van der Waals surface area contributed by atoms with E-state index in [9.17, 15) is 18.0 Å². The Bertz CT molecular complexity index is 1410. The molecule has 1 heterocycles. The molecular formula is C24H28ClN3O6S. The molecule has 1 aliphatic rings. The van der Waals surface area contributed by atoms with Crippen LogP contribution < -0.4 is 20.5 Å². The van der Waals surface area contributed by atoms with Crippen molar-refractivity contribution in [2.24, 2.45) is 0 Å². The number of methoxy groups -OCH3 is 1. The highest BCUT2D eigenvalue weighted by Gasteiger charge is 2.31. The largest absolute Gasteiger partial charge is 0.495 e. The number of carbonyl (C=O) groups excluding carboxylic acids is 1. The lowest BCUT2D eigenvalue weighted by Crippen LogP contribution is -2.32. The summed E-state index contributed by atoms with van der Waals surface area (Å²) in [5.74, 6) is -0.131. The van der Waals surface area contributed by atoms with E-state index in [0.717, 1.165) is 36.1 Å². The van der Waals surface area contributed by atoms with Crippen molar-refractivity contribution in [3.05, 3.63) is 46.9 Å². The average Bonchev–Trinajstić information content (AvgIpc) is 3.16. The van der Waals surface area contributed by atoms with Gasteiger partial charge < -0.3 is 14.8 Å². The number of hydrogen-bond donors (Lipinski definition) is 1. The van der Waals surface area contributed by atoms with Gasteiger partial charge >= 0.3 is 5.69 Å². The lowest BCUT2D eigenvalue weighted by molar-refractivity contribution is -0.113. The van der Waals surface area contributed by atoms with E-state index in [-0.39, 0.29) is 28.1 Å². The molecule has 2 aromatic carbocycles. The van der Waals surface area contributed by atoms with Crippen LogP contribution in [0.25, 0.3) is 11.0 Å². The van der Waals surface area contributed by atoms with Crippen molar-refractivity contribution in [3.63, 3.8) is 0 Å². The van der Waals surface area contributed by atoms with Crippen LogP contribution in [0.3, 0.4) is 0 Å². The molecule has 3 aromatic rings. The molecule has 1 saturated carbocycles. The van der Waals surface area contributed by atoms with Crippen LogP contribution in [0.1, 0.15) is 45.1 Å². The Kier molecular flexibility index (Phi) is 7.42. The van der Waals surface area contributed by atoms with Gasteiger partial charge in [0.05, 0.1) is 24.8 Å². The molecule has 1 fully saturated rings. The number of benzene rings is 2.